The van der Waals surface area contributed by atoms with E-state index in [0.29, 0.717) is 22.7 Å². The lowest BCUT2D eigenvalue weighted by Crippen LogP contribution is -2.41. The maximum absolute atomic E-state index is 12.3. The summed E-state index contributed by atoms with van der Waals surface area (Å²) in [5, 5.41) is 13.2. The number of thiocarbonyl (C=S) groups is 1. The van der Waals surface area contributed by atoms with Gasteiger partial charge in [0.05, 0.1) is 19.9 Å². The molecule has 0 heterocycles. The number of anilines is 1. The van der Waals surface area contributed by atoms with Gasteiger partial charge < -0.3 is 9.47 Å². The molecule has 126 valence electrons. The van der Waals surface area contributed by atoms with Crippen molar-refractivity contribution in [1.29, 1.82) is 0 Å². The third-order valence-electron chi connectivity index (χ3n) is 3.31. The van der Waals surface area contributed by atoms with Crippen LogP contribution in [0.1, 0.15) is 15.9 Å². The van der Waals surface area contributed by atoms with Crippen molar-refractivity contribution < 1.29 is 19.5 Å². The van der Waals surface area contributed by atoms with Crippen LogP contribution in [-0.2, 0) is 0 Å². The minimum Gasteiger partial charge on any atom is -0.497 e. The lowest BCUT2D eigenvalue weighted by molar-refractivity contribution is 0.0974. The highest BCUT2D eigenvalue weighted by atomic mass is 32.1. The normalized spacial score (nSPS) is 10.0. The number of methoxy groups -OCH3 is 2. The highest BCUT2D eigenvalue weighted by molar-refractivity contribution is 7.80. The summed E-state index contributed by atoms with van der Waals surface area (Å²) in [6.07, 6.45) is 0. The van der Waals surface area contributed by atoms with Crippen molar-refractivity contribution >= 4 is 28.9 Å². The van der Waals surface area contributed by atoms with Gasteiger partial charge in [-0.3, -0.25) is 15.3 Å². The summed E-state index contributed by atoms with van der Waals surface area (Å²) in [7, 11) is 2.99. The van der Waals surface area contributed by atoms with Gasteiger partial charge in [-0.15, -0.1) is 0 Å². The van der Waals surface area contributed by atoms with E-state index in [1.165, 1.54) is 14.2 Å². The van der Waals surface area contributed by atoms with Crippen molar-refractivity contribution in [3.63, 3.8) is 0 Å². The molecule has 0 aliphatic rings. The second-order valence-electron chi connectivity index (χ2n) is 5.01. The van der Waals surface area contributed by atoms with Gasteiger partial charge in [0.1, 0.15) is 11.5 Å². The van der Waals surface area contributed by atoms with Crippen LogP contribution in [0.15, 0.2) is 42.5 Å². The summed E-state index contributed by atoms with van der Waals surface area (Å²) < 4.78 is 10.3. The second kappa shape index (κ2) is 7.76. The van der Waals surface area contributed by atoms with Gasteiger partial charge in [0.2, 0.25) is 5.11 Å². The number of carbonyl (C=O) groups excluding carboxylic acids is 1. The monoisotopic (exact) mass is 346 g/mol. The van der Waals surface area contributed by atoms with E-state index in [2.05, 4.69) is 5.32 Å². The summed E-state index contributed by atoms with van der Waals surface area (Å²) in [6.45, 7) is 1.93. The zero-order chi connectivity index (χ0) is 17.7. The molecule has 0 radical (unpaired) electrons. The summed E-state index contributed by atoms with van der Waals surface area (Å²) in [4.78, 5) is 12.3. The number of hydrogen-bond donors (Lipinski definition) is 2. The molecule has 0 fully saturated rings. The van der Waals surface area contributed by atoms with Crippen molar-refractivity contribution in [3.05, 3.63) is 53.6 Å². The van der Waals surface area contributed by atoms with Gasteiger partial charge in [0.15, 0.2) is 0 Å². The fraction of sp³-hybridized carbons (Fsp3) is 0.176. The third kappa shape index (κ3) is 4.21. The van der Waals surface area contributed by atoms with Gasteiger partial charge in [-0.2, -0.15) is 5.06 Å². The number of hydrogen-bond acceptors (Lipinski definition) is 5. The molecule has 2 aromatic carbocycles. The van der Waals surface area contributed by atoms with E-state index in [1.54, 1.807) is 30.3 Å². The van der Waals surface area contributed by atoms with Crippen LogP contribution in [0.25, 0.3) is 0 Å². The Balaban J connectivity index is 2.13. The quantitative estimate of drug-likeness (QED) is 0.655. The highest BCUT2D eigenvalue weighted by Crippen LogP contribution is 2.22. The highest BCUT2D eigenvalue weighted by Gasteiger charge is 2.15. The van der Waals surface area contributed by atoms with E-state index < -0.39 is 5.91 Å². The molecule has 0 bridgehead atoms. The standard InChI is InChI=1S/C17H18N2O4S/c1-11-4-6-13(7-5-11)19(21)17(24)18-16(20)12-8-14(22-2)10-15(9-12)23-3/h4-10,21H,1-3H3,(H,18,20,24). The molecule has 2 N–H and O–H groups in total. The number of aryl methyl sites for hydroxylation is 1. The van der Waals surface area contributed by atoms with Crippen LogP contribution < -0.4 is 19.9 Å². The Morgan fingerprint density at radius 3 is 2.12 bits per heavy atom. The van der Waals surface area contributed by atoms with E-state index in [9.17, 15) is 10.0 Å². The van der Waals surface area contributed by atoms with Gasteiger partial charge in [-0.1, -0.05) is 17.7 Å². The number of nitrogens with one attached hydrogen (secondary N) is 1. The topological polar surface area (TPSA) is 71.0 Å². The Morgan fingerprint density at radius 1 is 1.08 bits per heavy atom. The molecule has 0 aliphatic carbocycles. The molecule has 0 unspecified atom stereocenters. The molecule has 0 spiro atoms. The van der Waals surface area contributed by atoms with E-state index >= 15 is 0 Å². The van der Waals surface area contributed by atoms with Gasteiger partial charge in [-0.25, -0.2) is 0 Å². The second-order valence-corrected chi connectivity index (χ2v) is 5.39. The Bertz CT molecular complexity index is 725. The van der Waals surface area contributed by atoms with Crippen LogP contribution in [0.2, 0.25) is 0 Å². The number of ether oxygens (including phenoxy) is 2. The van der Waals surface area contributed by atoms with E-state index in [-0.39, 0.29) is 5.11 Å². The maximum Gasteiger partial charge on any atom is 0.257 e. The molecule has 2 rings (SSSR count). The first-order valence-corrected chi connectivity index (χ1v) is 7.49. The molecular weight excluding hydrogens is 328 g/mol. The Labute approximate surface area is 145 Å². The number of carbonyl (C=O) groups is 1. The van der Waals surface area contributed by atoms with Crippen molar-refractivity contribution in [1.82, 2.24) is 5.32 Å². The lowest BCUT2D eigenvalue weighted by Gasteiger charge is -2.18. The Hall–Kier alpha value is -2.64. The fourth-order valence-electron chi connectivity index (χ4n) is 1.96. The van der Waals surface area contributed by atoms with Crippen molar-refractivity contribution in [2.75, 3.05) is 19.3 Å². The molecule has 7 heteroatoms. The minimum atomic E-state index is -0.483. The van der Waals surface area contributed by atoms with Crippen molar-refractivity contribution in [3.8, 4) is 11.5 Å². The maximum atomic E-state index is 12.3. The first kappa shape index (κ1) is 17.7. The van der Waals surface area contributed by atoms with Crippen LogP contribution in [0.5, 0.6) is 11.5 Å². The minimum absolute atomic E-state index is 0.134. The smallest absolute Gasteiger partial charge is 0.257 e. The number of benzene rings is 2. The van der Waals surface area contributed by atoms with Crippen LogP contribution in [0.4, 0.5) is 5.69 Å². The van der Waals surface area contributed by atoms with Gasteiger partial charge in [-0.05, 0) is 43.4 Å². The summed E-state index contributed by atoms with van der Waals surface area (Å²) in [5.74, 6) is 0.470. The number of nitrogens with zero attached hydrogens (tertiary/aromatic N) is 1. The zero-order valence-corrected chi connectivity index (χ0v) is 14.4. The van der Waals surface area contributed by atoms with Gasteiger partial charge >= 0.3 is 0 Å². The lowest BCUT2D eigenvalue weighted by atomic mass is 10.2. The van der Waals surface area contributed by atoms with Crippen LogP contribution in [0.3, 0.4) is 0 Å². The van der Waals surface area contributed by atoms with E-state index in [0.717, 1.165) is 10.6 Å². The van der Waals surface area contributed by atoms with E-state index in [1.807, 2.05) is 19.1 Å². The van der Waals surface area contributed by atoms with Gasteiger partial charge in [0.25, 0.3) is 5.91 Å². The van der Waals surface area contributed by atoms with E-state index in [4.69, 9.17) is 21.7 Å². The average Bonchev–Trinajstić information content (AvgIpc) is 2.61. The molecule has 0 saturated carbocycles. The van der Waals surface area contributed by atoms with Crippen LogP contribution in [-0.4, -0.2) is 30.4 Å². The molecule has 2 aromatic rings. The third-order valence-corrected chi connectivity index (χ3v) is 3.58. The first-order chi connectivity index (χ1) is 11.4. The number of rotatable bonds is 4. The Kier molecular flexibility index (Phi) is 5.73. The van der Waals surface area contributed by atoms with Gasteiger partial charge in [0, 0.05) is 11.6 Å². The summed E-state index contributed by atoms with van der Waals surface area (Å²) in [6, 6.07) is 11.8. The number of hydroxylamine groups is 1. The predicted molar refractivity (Wildman–Crippen MR) is 95.1 cm³/mol. The van der Waals surface area contributed by atoms with Crippen molar-refractivity contribution in [2.24, 2.45) is 0 Å². The van der Waals surface area contributed by atoms with Crippen molar-refractivity contribution in [2.45, 2.75) is 6.92 Å². The fourth-order valence-corrected chi connectivity index (χ4v) is 2.16. The largest absolute Gasteiger partial charge is 0.497 e. The SMILES string of the molecule is COc1cc(OC)cc(C(=O)NC(=S)N(O)c2ccc(C)cc2)c1. The molecule has 1 amide bonds. The average molecular weight is 346 g/mol. The number of amides is 1. The zero-order valence-electron chi connectivity index (χ0n) is 13.6. The van der Waals surface area contributed by atoms with Crippen LogP contribution >= 0.6 is 12.2 Å². The summed E-state index contributed by atoms with van der Waals surface area (Å²) in [5.41, 5.74) is 1.80. The Morgan fingerprint density at radius 2 is 1.62 bits per heavy atom. The molecular formula is C17H18N2O4S. The molecule has 0 aliphatic heterocycles. The van der Waals surface area contributed by atoms with Crippen LogP contribution in [0, 0.1) is 6.92 Å². The molecule has 6 nitrogen and oxygen atoms in total. The molecule has 24 heavy (non-hydrogen) atoms. The molecule has 0 saturated heterocycles. The summed E-state index contributed by atoms with van der Waals surface area (Å²) >= 11 is 5.07. The molecule has 0 aromatic heterocycles. The predicted octanol–water partition coefficient (Wildman–Crippen LogP) is 2.92. The molecule has 0 atom stereocenters. The first-order valence-electron chi connectivity index (χ1n) is 7.08.